The third kappa shape index (κ3) is 5.92. The molecule has 12 nitrogen and oxygen atoms in total. The molecular weight excluding hydrogens is 612 g/mol. The van der Waals surface area contributed by atoms with E-state index in [-0.39, 0.29) is 29.7 Å². The fourth-order valence-corrected chi connectivity index (χ4v) is 6.67. The highest BCUT2D eigenvalue weighted by Crippen LogP contribution is 2.43. The van der Waals surface area contributed by atoms with Crippen molar-refractivity contribution >= 4 is 29.3 Å². The number of carbonyl (C=O) groups is 4. The van der Waals surface area contributed by atoms with Crippen molar-refractivity contribution in [3.05, 3.63) is 60.3 Å². The Bertz CT molecular complexity index is 1740. The first kappa shape index (κ1) is 30.8. The fraction of sp³-hybridized carbons (Fsp3) is 0.455. The van der Waals surface area contributed by atoms with Gasteiger partial charge in [0.15, 0.2) is 11.6 Å². The first-order chi connectivity index (χ1) is 22.5. The van der Waals surface area contributed by atoms with E-state index in [1.807, 2.05) is 30.3 Å². The molecule has 1 spiro atoms. The van der Waals surface area contributed by atoms with Crippen LogP contribution in [0.15, 0.2) is 48.7 Å². The Labute approximate surface area is 269 Å². The van der Waals surface area contributed by atoms with Gasteiger partial charge >= 0.3 is 0 Å². The highest BCUT2D eigenvalue weighted by atomic mass is 19.1. The number of ether oxygens (including phenoxy) is 1. The lowest BCUT2D eigenvalue weighted by atomic mass is 9.96. The number of halogens is 2. The number of nitrogens with zero attached hydrogens (tertiary/aromatic N) is 5. The average Bonchev–Trinajstić information content (AvgIpc) is 3.97. The number of nitrogens with two attached hydrogens (primary N) is 1. The van der Waals surface area contributed by atoms with E-state index in [0.717, 1.165) is 37.3 Å². The van der Waals surface area contributed by atoms with Gasteiger partial charge in [0.1, 0.15) is 35.3 Å². The summed E-state index contributed by atoms with van der Waals surface area (Å²) in [6.45, 7) is -0.402. The number of carbonyl (C=O) groups excluding carboxylic acids is 4. The zero-order valence-corrected chi connectivity index (χ0v) is 25.8. The van der Waals surface area contributed by atoms with Crippen LogP contribution < -0.4 is 15.8 Å². The number of hydrogen-bond donors (Lipinski definition) is 2. The monoisotopic (exact) mass is 647 g/mol. The molecule has 2 aromatic carbocycles. The molecule has 3 heterocycles. The van der Waals surface area contributed by atoms with Gasteiger partial charge in [0.2, 0.25) is 23.3 Å². The Morgan fingerprint density at radius 1 is 1.11 bits per heavy atom. The van der Waals surface area contributed by atoms with E-state index in [0.29, 0.717) is 30.5 Å². The molecule has 4 amide bonds. The van der Waals surface area contributed by atoms with Gasteiger partial charge in [-0.2, -0.15) is 0 Å². The van der Waals surface area contributed by atoms with Crippen LogP contribution in [0.4, 0.5) is 14.5 Å². The van der Waals surface area contributed by atoms with Gasteiger partial charge in [-0.15, -0.1) is 5.10 Å². The summed E-state index contributed by atoms with van der Waals surface area (Å²) in [7, 11) is 1.57. The summed E-state index contributed by atoms with van der Waals surface area (Å²) in [5.41, 5.74) is 5.07. The van der Waals surface area contributed by atoms with Crippen molar-refractivity contribution in [3.8, 4) is 17.0 Å². The number of amides is 4. The van der Waals surface area contributed by atoms with Gasteiger partial charge in [0.05, 0.1) is 12.7 Å². The molecule has 2 aliphatic carbocycles. The first-order valence-electron chi connectivity index (χ1n) is 15.9. The molecule has 3 aromatic rings. The van der Waals surface area contributed by atoms with E-state index in [1.165, 1.54) is 9.80 Å². The molecular formula is C33H35F2N7O5. The molecule has 0 bridgehead atoms. The third-order valence-corrected chi connectivity index (χ3v) is 9.70. The van der Waals surface area contributed by atoms with Crippen LogP contribution in [0.3, 0.4) is 0 Å². The second kappa shape index (κ2) is 11.7. The van der Waals surface area contributed by atoms with E-state index in [4.69, 9.17) is 10.5 Å². The molecule has 14 heteroatoms. The van der Waals surface area contributed by atoms with Gasteiger partial charge in [-0.25, -0.2) is 13.5 Å². The summed E-state index contributed by atoms with van der Waals surface area (Å²) in [6, 6.07) is 8.09. The number of primary amides is 1. The lowest BCUT2D eigenvalue weighted by Crippen LogP contribution is -2.56. The molecule has 47 heavy (non-hydrogen) atoms. The fourth-order valence-electron chi connectivity index (χ4n) is 6.67. The van der Waals surface area contributed by atoms with Gasteiger partial charge in [-0.3, -0.25) is 19.2 Å². The maximum atomic E-state index is 14.4. The summed E-state index contributed by atoms with van der Waals surface area (Å²) >= 11 is 0. The molecule has 1 aromatic heterocycles. The number of likely N-dealkylation sites (N-methyl/N-ethyl adjacent to an activating group) is 1. The number of likely N-dealkylation sites (tertiary alicyclic amines) is 1. The van der Waals surface area contributed by atoms with Gasteiger partial charge < -0.3 is 25.6 Å². The highest BCUT2D eigenvalue weighted by molar-refractivity contribution is 6.03. The Kier molecular flexibility index (Phi) is 7.68. The van der Waals surface area contributed by atoms with Crippen molar-refractivity contribution in [2.75, 3.05) is 18.9 Å². The van der Waals surface area contributed by atoms with Crippen molar-refractivity contribution in [2.45, 2.75) is 68.7 Å². The normalized spacial score (nSPS) is 23.1. The summed E-state index contributed by atoms with van der Waals surface area (Å²) < 4.78 is 36.0. The molecule has 246 valence electrons. The second-order valence-corrected chi connectivity index (χ2v) is 13.2. The topological polar surface area (TPSA) is 153 Å². The van der Waals surface area contributed by atoms with Crippen LogP contribution in [0.1, 0.15) is 51.0 Å². The lowest BCUT2D eigenvalue weighted by Gasteiger charge is -2.36. The average molecular weight is 648 g/mol. The molecule has 3 N–H and O–H groups in total. The SMILES string of the molecule is CN(C(=O)C(CC1CC1)n1cc(-c2ccccc2)nn1)C(CC1CC1)C(=O)N1C[C@@]2(C[C@H]1C(N)=O)Oc1cc(F)cc(F)c1NC2=O. The number of nitrogens with one attached hydrogen (secondary N) is 1. The van der Waals surface area contributed by atoms with Crippen molar-refractivity contribution < 1.29 is 32.7 Å². The second-order valence-electron chi connectivity index (χ2n) is 13.2. The number of benzene rings is 2. The maximum Gasteiger partial charge on any atom is 0.270 e. The maximum absolute atomic E-state index is 14.4. The largest absolute Gasteiger partial charge is 0.473 e. The zero-order valence-electron chi connectivity index (χ0n) is 25.8. The predicted molar refractivity (Wildman–Crippen MR) is 163 cm³/mol. The summed E-state index contributed by atoms with van der Waals surface area (Å²) in [6.07, 6.45) is 6.07. The summed E-state index contributed by atoms with van der Waals surface area (Å²) in [4.78, 5) is 57.4. The predicted octanol–water partition coefficient (Wildman–Crippen LogP) is 3.05. The number of anilines is 1. The van der Waals surface area contributed by atoms with Gasteiger partial charge in [0.25, 0.3) is 5.91 Å². The zero-order chi connectivity index (χ0) is 33.0. The molecule has 2 aliphatic heterocycles. The Hall–Kier alpha value is -4.88. The van der Waals surface area contributed by atoms with Gasteiger partial charge in [0, 0.05) is 31.2 Å². The van der Waals surface area contributed by atoms with Crippen LogP contribution >= 0.6 is 0 Å². The van der Waals surface area contributed by atoms with E-state index in [9.17, 15) is 28.0 Å². The van der Waals surface area contributed by atoms with E-state index < -0.39 is 59.6 Å². The van der Waals surface area contributed by atoms with E-state index >= 15 is 0 Å². The molecule has 2 saturated carbocycles. The number of fused-ring (bicyclic) bond motifs is 1. The van der Waals surface area contributed by atoms with Gasteiger partial charge in [-0.05, 0) is 24.7 Å². The van der Waals surface area contributed by atoms with Crippen LogP contribution in [0, 0.1) is 23.5 Å². The molecule has 3 fully saturated rings. The highest BCUT2D eigenvalue weighted by Gasteiger charge is 2.58. The minimum atomic E-state index is -1.82. The molecule has 0 radical (unpaired) electrons. The van der Waals surface area contributed by atoms with Gasteiger partial charge in [-0.1, -0.05) is 61.2 Å². The molecule has 7 rings (SSSR count). The summed E-state index contributed by atoms with van der Waals surface area (Å²) in [5.74, 6) is -4.19. The van der Waals surface area contributed by atoms with Crippen LogP contribution in [-0.2, 0) is 19.2 Å². The Balaban J connectivity index is 1.17. The molecule has 1 saturated heterocycles. The van der Waals surface area contributed by atoms with Crippen LogP contribution in [0.2, 0.25) is 0 Å². The Morgan fingerprint density at radius 2 is 1.81 bits per heavy atom. The van der Waals surface area contributed by atoms with E-state index in [1.54, 1.807) is 17.9 Å². The Morgan fingerprint density at radius 3 is 2.49 bits per heavy atom. The quantitative estimate of drug-likeness (QED) is 0.343. The first-order valence-corrected chi connectivity index (χ1v) is 15.9. The minimum absolute atomic E-state index is 0.202. The summed E-state index contributed by atoms with van der Waals surface area (Å²) in [5, 5.41) is 11.0. The minimum Gasteiger partial charge on any atom is -0.473 e. The van der Waals surface area contributed by atoms with Crippen molar-refractivity contribution in [2.24, 2.45) is 17.6 Å². The standard InChI is InChI=1S/C33H35F2N7O5/c1-40(30(44)25(12-19-9-10-19)42-16-23(38-39-42)20-5-3-2-4-6-20)24(11-18-7-8-18)31(45)41-17-33(15-26(41)29(36)43)32(46)37-28-22(35)13-21(34)14-27(28)47-33/h2-6,13-14,16,18-19,24-26H,7-12,15,17H2,1H3,(H2,36,43)(H,37,46)/t24?,25?,26-,33+/m0/s1. The molecule has 2 unspecified atom stereocenters. The smallest absolute Gasteiger partial charge is 0.270 e. The van der Waals surface area contributed by atoms with Crippen molar-refractivity contribution in [3.63, 3.8) is 0 Å². The third-order valence-electron chi connectivity index (χ3n) is 9.70. The molecule has 4 atom stereocenters. The number of rotatable bonds is 10. The van der Waals surface area contributed by atoms with E-state index in [2.05, 4.69) is 15.6 Å². The number of hydrogen-bond acceptors (Lipinski definition) is 7. The lowest BCUT2D eigenvalue weighted by molar-refractivity contribution is -0.149. The van der Waals surface area contributed by atoms with Crippen molar-refractivity contribution in [1.29, 1.82) is 0 Å². The van der Waals surface area contributed by atoms with Crippen LogP contribution in [0.5, 0.6) is 5.75 Å². The van der Waals surface area contributed by atoms with Crippen LogP contribution in [0.25, 0.3) is 11.3 Å². The molecule has 4 aliphatic rings. The van der Waals surface area contributed by atoms with Crippen molar-refractivity contribution in [1.82, 2.24) is 24.8 Å². The number of aromatic nitrogens is 3. The van der Waals surface area contributed by atoms with Crippen LogP contribution in [-0.4, -0.2) is 79.7 Å².